The Bertz CT molecular complexity index is 1460. The third kappa shape index (κ3) is 7.89. The molecule has 0 aliphatic rings. The van der Waals surface area contributed by atoms with Crippen LogP contribution in [-0.4, -0.2) is 43.8 Å². The molecular formula is C32H40ClN3O4S. The lowest BCUT2D eigenvalue weighted by molar-refractivity contribution is -0.140. The number of rotatable bonds is 12. The summed E-state index contributed by atoms with van der Waals surface area (Å²) in [5, 5.41) is 3.38. The Morgan fingerprint density at radius 1 is 0.878 bits per heavy atom. The molecule has 7 nitrogen and oxygen atoms in total. The van der Waals surface area contributed by atoms with Crippen molar-refractivity contribution in [2.24, 2.45) is 0 Å². The monoisotopic (exact) mass is 597 g/mol. The molecule has 9 heteroatoms. The average molecular weight is 598 g/mol. The van der Waals surface area contributed by atoms with Crippen LogP contribution >= 0.6 is 11.6 Å². The van der Waals surface area contributed by atoms with Gasteiger partial charge in [0.1, 0.15) is 12.6 Å². The van der Waals surface area contributed by atoms with Crippen LogP contribution in [0.1, 0.15) is 55.9 Å². The van der Waals surface area contributed by atoms with Gasteiger partial charge in [-0.15, -0.1) is 0 Å². The van der Waals surface area contributed by atoms with Gasteiger partial charge in [0.25, 0.3) is 10.0 Å². The Hall–Kier alpha value is -3.36. The van der Waals surface area contributed by atoms with Gasteiger partial charge in [0, 0.05) is 17.6 Å². The van der Waals surface area contributed by atoms with Gasteiger partial charge in [-0.25, -0.2) is 8.42 Å². The standard InChI is InChI=1S/C32H40ClN3O4S/c1-7-24(5)34-32(38)29(8-2)35(20-26-16-12-22(3)13-17-26)31(37)21-36(30-11-9-10-28(33)25(30)6)41(39,40)27-18-14-23(4)15-19-27/h9-19,24,29H,7-8,20-21H2,1-6H3,(H,34,38)/t24-,29+/m1/s1. The highest BCUT2D eigenvalue weighted by Gasteiger charge is 2.34. The summed E-state index contributed by atoms with van der Waals surface area (Å²) in [4.78, 5) is 29.1. The smallest absolute Gasteiger partial charge is 0.264 e. The van der Waals surface area contributed by atoms with Gasteiger partial charge in [0.15, 0.2) is 0 Å². The van der Waals surface area contributed by atoms with E-state index in [0.29, 0.717) is 22.7 Å². The first kappa shape index (κ1) is 32.2. The SMILES string of the molecule is CC[C@@H](C)NC(=O)[C@H](CC)N(Cc1ccc(C)cc1)C(=O)CN(c1cccc(Cl)c1C)S(=O)(=O)c1ccc(C)cc1. The highest BCUT2D eigenvalue weighted by atomic mass is 35.5. The maximum Gasteiger partial charge on any atom is 0.264 e. The average Bonchev–Trinajstić information content (AvgIpc) is 2.94. The summed E-state index contributed by atoms with van der Waals surface area (Å²) in [5.74, 6) is -0.763. The van der Waals surface area contributed by atoms with Gasteiger partial charge in [-0.2, -0.15) is 0 Å². The molecule has 0 aliphatic heterocycles. The van der Waals surface area contributed by atoms with Crippen LogP contribution in [-0.2, 0) is 26.2 Å². The Morgan fingerprint density at radius 2 is 1.46 bits per heavy atom. The second-order valence-corrected chi connectivity index (χ2v) is 12.7. The molecule has 0 saturated heterocycles. The Kier molecular flexibility index (Phi) is 11.0. The zero-order chi connectivity index (χ0) is 30.3. The predicted molar refractivity (Wildman–Crippen MR) is 166 cm³/mol. The van der Waals surface area contributed by atoms with Gasteiger partial charge in [-0.3, -0.25) is 13.9 Å². The van der Waals surface area contributed by atoms with Crippen molar-refractivity contribution in [3.8, 4) is 0 Å². The fraction of sp³-hybridized carbons (Fsp3) is 0.375. The molecule has 0 radical (unpaired) electrons. The normalized spacial score (nSPS) is 12.9. The minimum atomic E-state index is -4.17. The first-order valence-electron chi connectivity index (χ1n) is 13.9. The van der Waals surface area contributed by atoms with Crippen molar-refractivity contribution in [3.05, 3.63) is 94.0 Å². The molecule has 1 N–H and O–H groups in total. The molecule has 0 aliphatic carbocycles. The summed E-state index contributed by atoms with van der Waals surface area (Å²) in [6.45, 7) is 10.9. The van der Waals surface area contributed by atoms with Crippen molar-refractivity contribution >= 4 is 39.1 Å². The fourth-order valence-electron chi connectivity index (χ4n) is 4.47. The lowest BCUT2D eigenvalue weighted by atomic mass is 10.1. The van der Waals surface area contributed by atoms with Crippen molar-refractivity contribution in [1.82, 2.24) is 10.2 Å². The number of benzene rings is 3. The van der Waals surface area contributed by atoms with Gasteiger partial charge in [-0.05, 0) is 75.9 Å². The Balaban J connectivity index is 2.10. The highest BCUT2D eigenvalue weighted by Crippen LogP contribution is 2.31. The minimum Gasteiger partial charge on any atom is -0.352 e. The van der Waals surface area contributed by atoms with E-state index >= 15 is 0 Å². The van der Waals surface area contributed by atoms with E-state index in [2.05, 4.69) is 5.32 Å². The maximum atomic E-state index is 14.2. The number of carbonyl (C=O) groups is 2. The van der Waals surface area contributed by atoms with Crippen LogP contribution in [0.5, 0.6) is 0 Å². The molecule has 220 valence electrons. The lowest BCUT2D eigenvalue weighted by Gasteiger charge is -2.34. The van der Waals surface area contributed by atoms with Crippen molar-refractivity contribution in [2.45, 2.75) is 77.9 Å². The molecule has 0 unspecified atom stereocenters. The highest BCUT2D eigenvalue weighted by molar-refractivity contribution is 7.92. The number of carbonyl (C=O) groups excluding carboxylic acids is 2. The van der Waals surface area contributed by atoms with Crippen LogP contribution in [0, 0.1) is 20.8 Å². The lowest BCUT2D eigenvalue weighted by Crippen LogP contribution is -2.53. The number of amides is 2. The van der Waals surface area contributed by atoms with Crippen molar-refractivity contribution < 1.29 is 18.0 Å². The zero-order valence-corrected chi connectivity index (χ0v) is 26.2. The molecule has 0 saturated carbocycles. The van der Waals surface area contributed by atoms with Crippen LogP contribution in [0.2, 0.25) is 5.02 Å². The van der Waals surface area contributed by atoms with Gasteiger partial charge < -0.3 is 10.2 Å². The van der Waals surface area contributed by atoms with E-state index in [0.717, 1.165) is 27.4 Å². The molecule has 0 aromatic heterocycles. The van der Waals surface area contributed by atoms with E-state index in [1.54, 1.807) is 37.3 Å². The molecule has 0 fully saturated rings. The van der Waals surface area contributed by atoms with E-state index in [9.17, 15) is 18.0 Å². The third-order valence-corrected chi connectivity index (χ3v) is 9.44. The van der Waals surface area contributed by atoms with E-state index in [4.69, 9.17) is 11.6 Å². The molecular weight excluding hydrogens is 558 g/mol. The number of sulfonamides is 1. The summed E-state index contributed by atoms with van der Waals surface area (Å²) in [6.07, 6.45) is 1.10. The molecule has 2 amide bonds. The third-order valence-electron chi connectivity index (χ3n) is 7.26. The molecule has 3 rings (SSSR count). The van der Waals surface area contributed by atoms with Gasteiger partial charge in [0.2, 0.25) is 11.8 Å². The second-order valence-electron chi connectivity index (χ2n) is 10.5. The Morgan fingerprint density at radius 3 is 2.02 bits per heavy atom. The number of nitrogens with zero attached hydrogens (tertiary/aromatic N) is 2. The maximum absolute atomic E-state index is 14.2. The number of anilines is 1. The number of nitrogens with one attached hydrogen (secondary N) is 1. The number of halogens is 1. The summed E-state index contributed by atoms with van der Waals surface area (Å²) in [7, 11) is -4.17. The van der Waals surface area contributed by atoms with E-state index in [-0.39, 0.29) is 23.4 Å². The first-order valence-corrected chi connectivity index (χ1v) is 15.7. The first-order chi connectivity index (χ1) is 19.4. The van der Waals surface area contributed by atoms with Crippen LogP contribution in [0.25, 0.3) is 0 Å². The molecule has 0 spiro atoms. The van der Waals surface area contributed by atoms with Crippen molar-refractivity contribution in [3.63, 3.8) is 0 Å². The molecule has 0 bridgehead atoms. The molecule has 2 atom stereocenters. The zero-order valence-electron chi connectivity index (χ0n) is 24.6. The number of hydrogen-bond donors (Lipinski definition) is 1. The van der Waals surface area contributed by atoms with Gasteiger partial charge in [-0.1, -0.05) is 79.0 Å². The van der Waals surface area contributed by atoms with Gasteiger partial charge >= 0.3 is 0 Å². The van der Waals surface area contributed by atoms with Crippen LogP contribution < -0.4 is 9.62 Å². The van der Waals surface area contributed by atoms with E-state index in [1.807, 2.05) is 58.9 Å². The van der Waals surface area contributed by atoms with E-state index in [1.165, 1.54) is 17.0 Å². The van der Waals surface area contributed by atoms with Crippen LogP contribution in [0.15, 0.2) is 71.6 Å². The minimum absolute atomic E-state index is 0.0573. The predicted octanol–water partition coefficient (Wildman–Crippen LogP) is 6.18. The summed E-state index contributed by atoms with van der Waals surface area (Å²) in [5.41, 5.74) is 3.65. The molecule has 3 aromatic rings. The quantitative estimate of drug-likeness (QED) is 0.270. The summed E-state index contributed by atoms with van der Waals surface area (Å²) >= 11 is 6.40. The van der Waals surface area contributed by atoms with Crippen LogP contribution in [0.3, 0.4) is 0 Å². The van der Waals surface area contributed by atoms with Crippen molar-refractivity contribution in [1.29, 1.82) is 0 Å². The number of aryl methyl sites for hydroxylation is 2. The molecule has 3 aromatic carbocycles. The fourth-order valence-corrected chi connectivity index (χ4v) is 6.11. The summed E-state index contributed by atoms with van der Waals surface area (Å²) < 4.78 is 29.2. The topological polar surface area (TPSA) is 86.8 Å². The Labute approximate surface area is 249 Å². The van der Waals surface area contributed by atoms with Gasteiger partial charge in [0.05, 0.1) is 10.6 Å². The molecule has 0 heterocycles. The molecule has 41 heavy (non-hydrogen) atoms. The summed E-state index contributed by atoms with van der Waals surface area (Å²) in [6, 6.07) is 18.3. The largest absolute Gasteiger partial charge is 0.352 e. The number of hydrogen-bond acceptors (Lipinski definition) is 4. The second kappa shape index (κ2) is 14.0. The van der Waals surface area contributed by atoms with Crippen molar-refractivity contribution in [2.75, 3.05) is 10.8 Å². The van der Waals surface area contributed by atoms with Crippen LogP contribution in [0.4, 0.5) is 5.69 Å². The van der Waals surface area contributed by atoms with E-state index < -0.39 is 28.5 Å².